The van der Waals surface area contributed by atoms with E-state index in [1.54, 1.807) is 21.3 Å². The van der Waals surface area contributed by atoms with Crippen LogP contribution in [0.4, 0.5) is 0 Å². The Morgan fingerprint density at radius 3 is 2.45 bits per heavy atom. The van der Waals surface area contributed by atoms with Gasteiger partial charge in [0.05, 0.1) is 32.6 Å². The minimum absolute atomic E-state index is 0.0782. The first-order valence-electron chi connectivity index (χ1n) is 11.0. The number of carbonyl (C=O) groups excluding carboxylic acids is 1. The van der Waals surface area contributed by atoms with Crippen molar-refractivity contribution in [2.75, 3.05) is 41.1 Å². The molecule has 0 fully saturated rings. The number of aromatic amines is 1. The fourth-order valence-electron chi connectivity index (χ4n) is 4.27. The first kappa shape index (κ1) is 22.7. The van der Waals surface area contributed by atoms with Gasteiger partial charge in [-0.25, -0.2) is 0 Å². The third kappa shape index (κ3) is 4.26. The predicted octanol–water partition coefficient (Wildman–Crippen LogP) is 4.07. The lowest BCUT2D eigenvalue weighted by Gasteiger charge is -2.27. The summed E-state index contributed by atoms with van der Waals surface area (Å²) in [6, 6.07) is 13.2. The van der Waals surface area contributed by atoms with Gasteiger partial charge in [0, 0.05) is 31.4 Å². The van der Waals surface area contributed by atoms with Gasteiger partial charge in [0.15, 0.2) is 11.5 Å². The van der Waals surface area contributed by atoms with Crippen molar-refractivity contribution in [1.29, 1.82) is 0 Å². The molecule has 1 unspecified atom stereocenters. The molecule has 174 valence electrons. The smallest absolute Gasteiger partial charge is 0.273 e. The first-order chi connectivity index (χ1) is 16.1. The van der Waals surface area contributed by atoms with Gasteiger partial charge in [-0.05, 0) is 55.3 Å². The molecular weight excluding hydrogens is 422 g/mol. The van der Waals surface area contributed by atoms with Crippen LogP contribution in [0.2, 0.25) is 0 Å². The number of amides is 1. The molecule has 0 saturated carbocycles. The molecule has 2 heterocycles. The predicted molar refractivity (Wildman–Crippen MR) is 124 cm³/mol. The first-order valence-corrected chi connectivity index (χ1v) is 11.0. The minimum Gasteiger partial charge on any atom is -0.494 e. The summed E-state index contributed by atoms with van der Waals surface area (Å²) in [7, 11) is 4.87. The van der Waals surface area contributed by atoms with Crippen molar-refractivity contribution >= 4 is 5.91 Å². The number of fused-ring (bicyclic) bond motifs is 1. The van der Waals surface area contributed by atoms with E-state index in [9.17, 15) is 4.79 Å². The number of rotatable bonds is 10. The number of methoxy groups -OCH3 is 3. The lowest BCUT2D eigenvalue weighted by molar-refractivity contribution is 0.0723. The highest BCUT2D eigenvalue weighted by atomic mass is 16.5. The summed E-state index contributed by atoms with van der Waals surface area (Å²) < 4.78 is 21.7. The van der Waals surface area contributed by atoms with Gasteiger partial charge in [0.1, 0.15) is 11.4 Å². The molecule has 4 rings (SSSR count). The Balaban J connectivity index is 1.80. The molecular formula is C25H29N3O5. The van der Waals surface area contributed by atoms with Gasteiger partial charge < -0.3 is 23.8 Å². The number of hydrogen-bond donors (Lipinski definition) is 1. The van der Waals surface area contributed by atoms with Gasteiger partial charge in [-0.15, -0.1) is 0 Å². The molecule has 8 nitrogen and oxygen atoms in total. The van der Waals surface area contributed by atoms with Gasteiger partial charge in [-0.3, -0.25) is 9.89 Å². The number of nitrogens with zero attached hydrogens (tertiary/aromatic N) is 2. The second kappa shape index (κ2) is 9.95. The Kier molecular flexibility index (Phi) is 6.84. The fourth-order valence-corrected chi connectivity index (χ4v) is 4.27. The number of H-pyrrole nitrogens is 1. The number of ether oxygens (including phenoxy) is 4. The molecule has 1 atom stereocenters. The molecule has 1 amide bonds. The Morgan fingerprint density at radius 1 is 1.03 bits per heavy atom. The van der Waals surface area contributed by atoms with Crippen molar-refractivity contribution in [2.45, 2.75) is 19.4 Å². The molecule has 1 aliphatic heterocycles. The summed E-state index contributed by atoms with van der Waals surface area (Å²) >= 11 is 0. The van der Waals surface area contributed by atoms with Crippen LogP contribution in [0.3, 0.4) is 0 Å². The standard InChI is InChI=1S/C25H29N3O5/c1-5-33-18-10-7-16(8-11-18)22-21-23(27-26-22)25(29)28(13-6-14-30-2)24(21)17-9-12-19(31-3)20(15-17)32-4/h7-12,15,24H,5-6,13-14H2,1-4H3,(H,26,27). The molecule has 0 saturated heterocycles. The summed E-state index contributed by atoms with van der Waals surface area (Å²) in [5.74, 6) is 1.96. The molecule has 8 heteroatoms. The molecule has 0 spiro atoms. The summed E-state index contributed by atoms with van der Waals surface area (Å²) in [5, 5.41) is 7.51. The van der Waals surface area contributed by atoms with Crippen molar-refractivity contribution in [3.63, 3.8) is 0 Å². The van der Waals surface area contributed by atoms with E-state index in [-0.39, 0.29) is 11.9 Å². The van der Waals surface area contributed by atoms with E-state index in [2.05, 4.69) is 10.2 Å². The molecule has 1 N–H and O–H groups in total. The molecule has 0 bridgehead atoms. The van der Waals surface area contributed by atoms with Crippen LogP contribution in [0.15, 0.2) is 42.5 Å². The van der Waals surface area contributed by atoms with Crippen LogP contribution in [0.1, 0.15) is 41.0 Å². The number of hydrogen-bond acceptors (Lipinski definition) is 6. The molecule has 1 aromatic heterocycles. The van der Waals surface area contributed by atoms with E-state index >= 15 is 0 Å². The largest absolute Gasteiger partial charge is 0.494 e. The summed E-state index contributed by atoms with van der Waals surface area (Å²) in [5.41, 5.74) is 3.94. The number of carbonyl (C=O) groups is 1. The topological polar surface area (TPSA) is 85.9 Å². The second-order valence-electron chi connectivity index (χ2n) is 7.68. The Bertz CT molecular complexity index is 1110. The third-order valence-electron chi connectivity index (χ3n) is 5.77. The molecule has 0 aliphatic carbocycles. The van der Waals surface area contributed by atoms with Gasteiger partial charge in [0.2, 0.25) is 0 Å². The van der Waals surface area contributed by atoms with E-state index in [1.807, 2.05) is 54.3 Å². The van der Waals surface area contributed by atoms with E-state index in [0.29, 0.717) is 37.0 Å². The second-order valence-corrected chi connectivity index (χ2v) is 7.68. The average Bonchev–Trinajstić information content (AvgIpc) is 3.38. The van der Waals surface area contributed by atoms with E-state index in [4.69, 9.17) is 18.9 Å². The quantitative estimate of drug-likeness (QED) is 0.468. The zero-order valence-corrected chi connectivity index (χ0v) is 19.4. The highest BCUT2D eigenvalue weighted by Crippen LogP contribution is 2.44. The van der Waals surface area contributed by atoms with E-state index in [0.717, 1.165) is 34.6 Å². The summed E-state index contributed by atoms with van der Waals surface area (Å²) in [6.07, 6.45) is 0.724. The van der Waals surface area contributed by atoms with E-state index in [1.165, 1.54) is 0 Å². The van der Waals surface area contributed by atoms with Crippen LogP contribution in [-0.2, 0) is 4.74 Å². The number of nitrogens with one attached hydrogen (secondary N) is 1. The van der Waals surface area contributed by atoms with Gasteiger partial charge in [0.25, 0.3) is 5.91 Å². The lowest BCUT2D eigenvalue weighted by atomic mass is 9.95. The monoisotopic (exact) mass is 451 g/mol. The Hall–Kier alpha value is -3.52. The van der Waals surface area contributed by atoms with Gasteiger partial charge in [-0.1, -0.05) is 6.07 Å². The fraction of sp³-hybridized carbons (Fsp3) is 0.360. The van der Waals surface area contributed by atoms with Crippen molar-refractivity contribution in [1.82, 2.24) is 15.1 Å². The zero-order chi connectivity index (χ0) is 23.4. The van der Waals surface area contributed by atoms with Crippen LogP contribution >= 0.6 is 0 Å². The molecule has 0 radical (unpaired) electrons. The van der Waals surface area contributed by atoms with Crippen LogP contribution < -0.4 is 14.2 Å². The highest BCUT2D eigenvalue weighted by molar-refractivity contribution is 6.00. The third-order valence-corrected chi connectivity index (χ3v) is 5.77. The zero-order valence-electron chi connectivity index (χ0n) is 19.4. The maximum atomic E-state index is 13.4. The van der Waals surface area contributed by atoms with Gasteiger partial charge in [-0.2, -0.15) is 5.10 Å². The Labute approximate surface area is 193 Å². The maximum absolute atomic E-state index is 13.4. The van der Waals surface area contributed by atoms with Crippen LogP contribution in [0, 0.1) is 0 Å². The van der Waals surface area contributed by atoms with Crippen molar-refractivity contribution in [3.05, 3.63) is 59.3 Å². The Morgan fingerprint density at radius 2 is 1.79 bits per heavy atom. The van der Waals surface area contributed by atoms with Crippen LogP contribution in [0.5, 0.6) is 17.2 Å². The lowest BCUT2D eigenvalue weighted by Crippen LogP contribution is -2.31. The highest BCUT2D eigenvalue weighted by Gasteiger charge is 2.42. The number of aromatic nitrogens is 2. The van der Waals surface area contributed by atoms with Crippen molar-refractivity contribution in [2.24, 2.45) is 0 Å². The summed E-state index contributed by atoms with van der Waals surface area (Å²) in [6.45, 7) is 3.67. The van der Waals surface area contributed by atoms with E-state index < -0.39 is 0 Å². The van der Waals surface area contributed by atoms with Crippen molar-refractivity contribution < 1.29 is 23.7 Å². The van der Waals surface area contributed by atoms with Crippen LogP contribution in [0.25, 0.3) is 11.3 Å². The maximum Gasteiger partial charge on any atom is 0.273 e. The molecule has 33 heavy (non-hydrogen) atoms. The minimum atomic E-state index is -0.315. The molecule has 3 aromatic rings. The van der Waals surface area contributed by atoms with Gasteiger partial charge >= 0.3 is 0 Å². The summed E-state index contributed by atoms with van der Waals surface area (Å²) in [4.78, 5) is 15.2. The van der Waals surface area contributed by atoms with Crippen LogP contribution in [-0.4, -0.2) is 62.1 Å². The number of benzene rings is 2. The van der Waals surface area contributed by atoms with Crippen molar-refractivity contribution in [3.8, 4) is 28.5 Å². The average molecular weight is 452 g/mol. The normalized spacial score (nSPS) is 15.0. The molecule has 2 aromatic carbocycles. The molecule has 1 aliphatic rings. The SMILES string of the molecule is CCOc1ccc(-c2n[nH]c3c2C(c2ccc(OC)c(OC)c2)N(CCCOC)C3=O)cc1.